The highest BCUT2D eigenvalue weighted by atomic mass is 19.4. The molecular weight excluding hydrogens is 223 g/mol. The summed E-state index contributed by atoms with van der Waals surface area (Å²) in [5.74, 6) is -0.0844. The van der Waals surface area contributed by atoms with Crippen molar-refractivity contribution < 1.29 is 17.7 Å². The molecule has 0 aliphatic rings. The Morgan fingerprint density at radius 1 is 1.44 bits per heavy atom. The van der Waals surface area contributed by atoms with E-state index in [0.717, 1.165) is 6.54 Å². The smallest absolute Gasteiger partial charge is 0.339 e. The Morgan fingerprint density at radius 3 is 2.69 bits per heavy atom. The van der Waals surface area contributed by atoms with Crippen molar-refractivity contribution in [3.05, 3.63) is 11.7 Å². The van der Waals surface area contributed by atoms with Gasteiger partial charge >= 0.3 is 6.18 Å². The summed E-state index contributed by atoms with van der Waals surface area (Å²) in [5, 5.41) is 6.38. The molecule has 92 valence electrons. The van der Waals surface area contributed by atoms with Crippen molar-refractivity contribution in [3.63, 3.8) is 0 Å². The maximum absolute atomic E-state index is 12.0. The van der Waals surface area contributed by atoms with Crippen LogP contribution in [0.4, 0.5) is 13.2 Å². The average Bonchev–Trinajstić information content (AvgIpc) is 2.49. The summed E-state index contributed by atoms with van der Waals surface area (Å²) < 4.78 is 40.7. The van der Waals surface area contributed by atoms with E-state index in [2.05, 4.69) is 15.5 Å². The molecule has 4 nitrogen and oxygen atoms in total. The lowest BCUT2D eigenvalue weighted by molar-refractivity contribution is -0.128. The fourth-order valence-electron chi connectivity index (χ4n) is 1.31. The van der Waals surface area contributed by atoms with Crippen LogP contribution in [0.3, 0.4) is 0 Å². The van der Waals surface area contributed by atoms with E-state index in [1.54, 1.807) is 0 Å². The maximum Gasteiger partial charge on any atom is 0.396 e. The normalized spacial score (nSPS) is 14.1. The van der Waals surface area contributed by atoms with Gasteiger partial charge < -0.3 is 9.84 Å². The molecule has 0 fully saturated rings. The summed E-state index contributed by atoms with van der Waals surface area (Å²) in [6.07, 6.45) is -5.01. The standard InChI is InChI=1S/C9H14F3N3O/c1-3-13-6(2)4-8-14-7(15-16-8)5-9(10,11)12/h6,13H,3-5H2,1-2H3. The largest absolute Gasteiger partial charge is 0.396 e. The van der Waals surface area contributed by atoms with E-state index >= 15 is 0 Å². The zero-order valence-electron chi connectivity index (χ0n) is 9.14. The maximum atomic E-state index is 12.0. The molecular formula is C9H14F3N3O. The van der Waals surface area contributed by atoms with Gasteiger partial charge in [-0.2, -0.15) is 18.2 Å². The summed E-state index contributed by atoms with van der Waals surface area (Å²) in [6, 6.07) is 0.101. The van der Waals surface area contributed by atoms with Gasteiger partial charge in [-0.05, 0) is 13.5 Å². The number of alkyl halides is 3. The molecule has 0 saturated carbocycles. The summed E-state index contributed by atoms with van der Waals surface area (Å²) in [5.41, 5.74) is 0. The van der Waals surface area contributed by atoms with Crippen molar-refractivity contribution >= 4 is 0 Å². The van der Waals surface area contributed by atoms with Gasteiger partial charge in [-0.15, -0.1) is 0 Å². The van der Waals surface area contributed by atoms with Crippen molar-refractivity contribution in [3.8, 4) is 0 Å². The van der Waals surface area contributed by atoms with E-state index < -0.39 is 12.6 Å². The average molecular weight is 237 g/mol. The first-order chi connectivity index (χ1) is 7.40. The van der Waals surface area contributed by atoms with Gasteiger partial charge in [0.25, 0.3) is 0 Å². The third-order valence-electron chi connectivity index (χ3n) is 1.90. The van der Waals surface area contributed by atoms with E-state index in [1.807, 2.05) is 13.8 Å². The molecule has 0 spiro atoms. The molecule has 0 saturated heterocycles. The molecule has 7 heteroatoms. The second-order valence-electron chi connectivity index (χ2n) is 3.56. The van der Waals surface area contributed by atoms with Crippen molar-refractivity contribution in [1.82, 2.24) is 15.5 Å². The second-order valence-corrected chi connectivity index (χ2v) is 3.56. The van der Waals surface area contributed by atoms with Crippen LogP contribution in [0.5, 0.6) is 0 Å². The Morgan fingerprint density at radius 2 is 2.12 bits per heavy atom. The van der Waals surface area contributed by atoms with Gasteiger partial charge in [0.1, 0.15) is 6.42 Å². The Balaban J connectivity index is 2.51. The van der Waals surface area contributed by atoms with Gasteiger partial charge in [-0.25, -0.2) is 0 Å². The van der Waals surface area contributed by atoms with E-state index in [0.29, 0.717) is 6.42 Å². The fraction of sp³-hybridized carbons (Fsp3) is 0.778. The quantitative estimate of drug-likeness (QED) is 0.847. The zero-order valence-corrected chi connectivity index (χ0v) is 9.14. The molecule has 0 bridgehead atoms. The summed E-state index contributed by atoms with van der Waals surface area (Å²) in [7, 11) is 0. The van der Waals surface area contributed by atoms with Crippen LogP contribution in [0.1, 0.15) is 25.6 Å². The van der Waals surface area contributed by atoms with Crippen LogP contribution in [0, 0.1) is 0 Å². The van der Waals surface area contributed by atoms with Crippen LogP contribution in [0.25, 0.3) is 0 Å². The van der Waals surface area contributed by atoms with Gasteiger partial charge in [0.15, 0.2) is 5.82 Å². The van der Waals surface area contributed by atoms with E-state index in [-0.39, 0.29) is 17.8 Å². The number of halogens is 3. The minimum absolute atomic E-state index is 0.101. The van der Waals surface area contributed by atoms with Crippen molar-refractivity contribution in [2.24, 2.45) is 0 Å². The summed E-state index contributed by atoms with van der Waals surface area (Å²) in [6.45, 7) is 4.63. The highest BCUT2D eigenvalue weighted by Crippen LogP contribution is 2.19. The first-order valence-corrected chi connectivity index (χ1v) is 5.02. The molecule has 1 aromatic rings. The number of hydrogen-bond donors (Lipinski definition) is 1. The first-order valence-electron chi connectivity index (χ1n) is 5.02. The number of aromatic nitrogens is 2. The van der Waals surface area contributed by atoms with Crippen molar-refractivity contribution in [2.45, 2.75) is 38.9 Å². The highest BCUT2D eigenvalue weighted by Gasteiger charge is 2.30. The number of rotatable bonds is 5. The minimum Gasteiger partial charge on any atom is -0.339 e. The lowest BCUT2D eigenvalue weighted by Gasteiger charge is -2.07. The van der Waals surface area contributed by atoms with E-state index in [1.165, 1.54) is 0 Å². The Labute approximate surface area is 91.2 Å². The molecule has 1 unspecified atom stereocenters. The molecule has 1 heterocycles. The highest BCUT2D eigenvalue weighted by molar-refractivity contribution is 4.90. The van der Waals surface area contributed by atoms with Crippen molar-refractivity contribution in [1.29, 1.82) is 0 Å². The fourth-order valence-corrected chi connectivity index (χ4v) is 1.31. The van der Waals surface area contributed by atoms with Crippen LogP contribution in [0.2, 0.25) is 0 Å². The van der Waals surface area contributed by atoms with Gasteiger partial charge in [-0.3, -0.25) is 0 Å². The molecule has 0 aliphatic carbocycles. The van der Waals surface area contributed by atoms with Crippen LogP contribution in [-0.4, -0.2) is 28.9 Å². The molecule has 1 N–H and O–H groups in total. The van der Waals surface area contributed by atoms with Crippen LogP contribution < -0.4 is 5.32 Å². The van der Waals surface area contributed by atoms with E-state index in [4.69, 9.17) is 4.52 Å². The zero-order chi connectivity index (χ0) is 12.2. The first kappa shape index (κ1) is 13.0. The van der Waals surface area contributed by atoms with Gasteiger partial charge in [0.05, 0.1) is 0 Å². The molecule has 0 aromatic carbocycles. The number of nitrogens with one attached hydrogen (secondary N) is 1. The van der Waals surface area contributed by atoms with Crippen LogP contribution in [0.15, 0.2) is 4.52 Å². The summed E-state index contributed by atoms with van der Waals surface area (Å²) in [4.78, 5) is 3.68. The van der Waals surface area contributed by atoms with Crippen LogP contribution in [-0.2, 0) is 12.8 Å². The van der Waals surface area contributed by atoms with Crippen molar-refractivity contribution in [2.75, 3.05) is 6.54 Å². The Hall–Kier alpha value is -1.11. The lowest BCUT2D eigenvalue weighted by Crippen LogP contribution is -2.27. The van der Waals surface area contributed by atoms with E-state index in [9.17, 15) is 13.2 Å². The summed E-state index contributed by atoms with van der Waals surface area (Å²) >= 11 is 0. The molecule has 16 heavy (non-hydrogen) atoms. The molecule has 1 aromatic heterocycles. The molecule has 0 amide bonds. The minimum atomic E-state index is -4.30. The lowest BCUT2D eigenvalue weighted by atomic mass is 10.2. The molecule has 0 radical (unpaired) electrons. The number of nitrogens with zero attached hydrogens (tertiary/aromatic N) is 2. The third kappa shape index (κ3) is 4.61. The Bertz CT molecular complexity index is 324. The molecule has 1 atom stereocenters. The van der Waals surface area contributed by atoms with Gasteiger partial charge in [0.2, 0.25) is 5.89 Å². The van der Waals surface area contributed by atoms with Crippen LogP contribution >= 0.6 is 0 Å². The molecule has 1 rings (SSSR count). The topological polar surface area (TPSA) is 51.0 Å². The van der Waals surface area contributed by atoms with Gasteiger partial charge in [-0.1, -0.05) is 12.1 Å². The molecule has 0 aliphatic heterocycles. The SMILES string of the molecule is CCNC(C)Cc1nc(CC(F)(F)F)no1. The monoisotopic (exact) mass is 237 g/mol. The third-order valence-corrected chi connectivity index (χ3v) is 1.90. The Kier molecular flexibility index (Phi) is 4.28. The number of likely N-dealkylation sites (N-methyl/N-ethyl adjacent to an activating group) is 1. The predicted molar refractivity (Wildman–Crippen MR) is 50.9 cm³/mol. The van der Waals surface area contributed by atoms with Gasteiger partial charge in [0, 0.05) is 12.5 Å². The second kappa shape index (κ2) is 5.29. The predicted octanol–water partition coefficient (Wildman–Crippen LogP) is 1.71. The number of hydrogen-bond acceptors (Lipinski definition) is 4.